The van der Waals surface area contributed by atoms with Crippen molar-refractivity contribution in [2.75, 3.05) is 19.6 Å². The normalized spacial score (nSPS) is 13.9. The third-order valence-corrected chi connectivity index (χ3v) is 4.31. The Morgan fingerprint density at radius 1 is 1.11 bits per heavy atom. The van der Waals surface area contributed by atoms with Gasteiger partial charge in [-0.05, 0) is 45.3 Å². The van der Waals surface area contributed by atoms with E-state index in [2.05, 4.69) is 57.5 Å². The average molecular weight is 254 g/mol. The molecule has 0 radical (unpaired) electrons. The predicted octanol–water partition coefficient (Wildman–Crippen LogP) is 3.83. The van der Waals surface area contributed by atoms with Crippen LogP contribution in [0.25, 0.3) is 0 Å². The van der Waals surface area contributed by atoms with Gasteiger partial charge in [-0.3, -0.25) is 4.90 Å². The van der Waals surface area contributed by atoms with E-state index in [1.54, 1.807) is 0 Å². The first-order valence-electron chi connectivity index (χ1n) is 7.75. The van der Waals surface area contributed by atoms with Gasteiger partial charge in [0.05, 0.1) is 0 Å². The van der Waals surface area contributed by atoms with Gasteiger partial charge < -0.3 is 5.32 Å². The highest BCUT2D eigenvalue weighted by atomic mass is 15.2. The van der Waals surface area contributed by atoms with Crippen LogP contribution in [0.4, 0.5) is 0 Å². The smallest absolute Gasteiger partial charge is 0.0360 e. The van der Waals surface area contributed by atoms with Crippen LogP contribution in [-0.2, 0) is 0 Å². The molecule has 0 saturated heterocycles. The van der Waals surface area contributed by atoms with Crippen LogP contribution in [0.15, 0.2) is 12.7 Å². The number of hydrogen-bond donors (Lipinski definition) is 1. The topological polar surface area (TPSA) is 15.3 Å². The Morgan fingerprint density at radius 2 is 1.67 bits per heavy atom. The van der Waals surface area contributed by atoms with Crippen molar-refractivity contribution in [3.05, 3.63) is 12.7 Å². The zero-order chi connectivity index (χ0) is 14.0. The van der Waals surface area contributed by atoms with Gasteiger partial charge >= 0.3 is 0 Å². The molecule has 0 aromatic rings. The van der Waals surface area contributed by atoms with Crippen molar-refractivity contribution in [3.8, 4) is 0 Å². The minimum atomic E-state index is 0.271. The summed E-state index contributed by atoms with van der Waals surface area (Å²) in [7, 11) is 0. The van der Waals surface area contributed by atoms with Crippen LogP contribution >= 0.6 is 0 Å². The molecule has 0 rings (SSSR count). The molecule has 1 N–H and O–H groups in total. The summed E-state index contributed by atoms with van der Waals surface area (Å²) in [6.07, 6.45) is 6.70. The van der Waals surface area contributed by atoms with Crippen molar-refractivity contribution in [2.45, 2.75) is 71.9 Å². The highest BCUT2D eigenvalue weighted by molar-refractivity contribution is 5.01. The number of likely N-dealkylation sites (N-methyl/N-ethyl adjacent to an activating group) is 1. The molecule has 0 aliphatic rings. The summed E-state index contributed by atoms with van der Waals surface area (Å²) >= 11 is 0. The van der Waals surface area contributed by atoms with Gasteiger partial charge in [0, 0.05) is 11.6 Å². The van der Waals surface area contributed by atoms with Gasteiger partial charge in [-0.1, -0.05) is 40.7 Å². The van der Waals surface area contributed by atoms with E-state index in [0.717, 1.165) is 26.1 Å². The van der Waals surface area contributed by atoms with Crippen LogP contribution in [0.1, 0.15) is 60.3 Å². The van der Waals surface area contributed by atoms with Crippen molar-refractivity contribution in [1.29, 1.82) is 0 Å². The molecule has 0 heterocycles. The van der Waals surface area contributed by atoms with Gasteiger partial charge in [0.15, 0.2) is 0 Å². The third-order valence-electron chi connectivity index (χ3n) is 4.31. The van der Waals surface area contributed by atoms with E-state index in [1.165, 1.54) is 19.3 Å². The molecule has 108 valence electrons. The Kier molecular flexibility index (Phi) is 9.39. The Hall–Kier alpha value is -0.340. The van der Waals surface area contributed by atoms with Crippen LogP contribution in [0, 0.1) is 0 Å². The highest BCUT2D eigenvalue weighted by Crippen LogP contribution is 2.30. The van der Waals surface area contributed by atoms with Gasteiger partial charge in [-0.25, -0.2) is 0 Å². The molecule has 0 amide bonds. The summed E-state index contributed by atoms with van der Waals surface area (Å²) in [6.45, 7) is 18.7. The molecule has 0 saturated carbocycles. The first-order valence-corrected chi connectivity index (χ1v) is 7.75. The quantitative estimate of drug-likeness (QED) is 0.564. The molecule has 0 fully saturated rings. The number of rotatable bonds is 11. The van der Waals surface area contributed by atoms with Crippen LogP contribution in [0.5, 0.6) is 0 Å². The van der Waals surface area contributed by atoms with Crippen molar-refractivity contribution in [2.24, 2.45) is 0 Å². The summed E-state index contributed by atoms with van der Waals surface area (Å²) in [5.74, 6) is 0. The lowest BCUT2D eigenvalue weighted by molar-refractivity contribution is 0.0502. The molecule has 2 heteroatoms. The SMILES string of the molecule is C=CCC(NCCC)C(CC)(CC)N(CC)CC. The van der Waals surface area contributed by atoms with Gasteiger partial charge in [0.1, 0.15) is 0 Å². The molecule has 2 nitrogen and oxygen atoms in total. The van der Waals surface area contributed by atoms with E-state index in [0.29, 0.717) is 6.04 Å². The summed E-state index contributed by atoms with van der Waals surface area (Å²) in [6, 6.07) is 0.518. The molecule has 18 heavy (non-hydrogen) atoms. The average Bonchev–Trinajstić information content (AvgIpc) is 2.41. The molecule has 0 aromatic heterocycles. The molecule has 1 atom stereocenters. The Balaban J connectivity index is 5.12. The van der Waals surface area contributed by atoms with Crippen LogP contribution < -0.4 is 5.32 Å². The Labute approximate surface area is 115 Å². The van der Waals surface area contributed by atoms with Crippen LogP contribution in [0.3, 0.4) is 0 Å². The lowest BCUT2D eigenvalue weighted by Gasteiger charge is -2.48. The lowest BCUT2D eigenvalue weighted by atomic mass is 9.80. The minimum absolute atomic E-state index is 0.271. The Morgan fingerprint density at radius 3 is 2.00 bits per heavy atom. The molecule has 1 unspecified atom stereocenters. The first-order chi connectivity index (χ1) is 8.66. The maximum absolute atomic E-state index is 3.94. The van der Waals surface area contributed by atoms with Gasteiger partial charge in [0.25, 0.3) is 0 Å². The standard InChI is InChI=1S/C16H34N2/c1-7-13-15(17-14-8-2)16(9-3,10-4)18(11-5)12-6/h7,15,17H,1,8-14H2,2-6H3. The fourth-order valence-electron chi connectivity index (χ4n) is 3.24. The summed E-state index contributed by atoms with van der Waals surface area (Å²) < 4.78 is 0. The van der Waals surface area contributed by atoms with Crippen molar-refractivity contribution >= 4 is 0 Å². The fourth-order valence-corrected chi connectivity index (χ4v) is 3.24. The molecule has 0 aliphatic heterocycles. The maximum Gasteiger partial charge on any atom is 0.0360 e. The monoisotopic (exact) mass is 254 g/mol. The second-order valence-corrected chi connectivity index (χ2v) is 5.01. The maximum atomic E-state index is 3.94. The van der Waals surface area contributed by atoms with E-state index >= 15 is 0 Å². The van der Waals surface area contributed by atoms with E-state index in [4.69, 9.17) is 0 Å². The van der Waals surface area contributed by atoms with Crippen molar-refractivity contribution in [1.82, 2.24) is 10.2 Å². The first kappa shape index (κ1) is 17.7. The number of nitrogens with one attached hydrogen (secondary N) is 1. The molecule has 0 aromatic carbocycles. The third kappa shape index (κ3) is 4.10. The second-order valence-electron chi connectivity index (χ2n) is 5.01. The van der Waals surface area contributed by atoms with Gasteiger partial charge in [-0.2, -0.15) is 0 Å². The minimum Gasteiger partial charge on any atom is -0.312 e. The fraction of sp³-hybridized carbons (Fsp3) is 0.875. The Bertz CT molecular complexity index is 205. The molecular weight excluding hydrogens is 220 g/mol. The number of hydrogen-bond acceptors (Lipinski definition) is 2. The van der Waals surface area contributed by atoms with Gasteiger partial charge in [-0.15, -0.1) is 6.58 Å². The molecule has 0 bridgehead atoms. The van der Waals surface area contributed by atoms with Gasteiger partial charge in [0.2, 0.25) is 0 Å². The molecular formula is C16H34N2. The summed E-state index contributed by atoms with van der Waals surface area (Å²) in [5, 5.41) is 3.75. The van der Waals surface area contributed by atoms with Crippen molar-refractivity contribution < 1.29 is 0 Å². The number of nitrogens with zero attached hydrogens (tertiary/aromatic N) is 1. The van der Waals surface area contributed by atoms with Crippen LogP contribution in [-0.4, -0.2) is 36.1 Å². The molecule has 0 aliphatic carbocycles. The zero-order valence-corrected chi connectivity index (χ0v) is 13.3. The largest absolute Gasteiger partial charge is 0.312 e. The summed E-state index contributed by atoms with van der Waals surface area (Å²) in [4.78, 5) is 2.63. The van der Waals surface area contributed by atoms with Crippen molar-refractivity contribution in [3.63, 3.8) is 0 Å². The summed E-state index contributed by atoms with van der Waals surface area (Å²) in [5.41, 5.74) is 0.271. The second kappa shape index (κ2) is 9.57. The molecule has 0 spiro atoms. The highest BCUT2D eigenvalue weighted by Gasteiger charge is 2.38. The van der Waals surface area contributed by atoms with E-state index in [-0.39, 0.29) is 5.54 Å². The lowest BCUT2D eigenvalue weighted by Crippen LogP contribution is -2.60. The van der Waals surface area contributed by atoms with E-state index < -0.39 is 0 Å². The van der Waals surface area contributed by atoms with E-state index in [1.807, 2.05) is 0 Å². The zero-order valence-electron chi connectivity index (χ0n) is 13.3. The van der Waals surface area contributed by atoms with Crippen LogP contribution in [0.2, 0.25) is 0 Å². The predicted molar refractivity (Wildman–Crippen MR) is 83.1 cm³/mol. The van der Waals surface area contributed by atoms with E-state index in [9.17, 15) is 0 Å².